The van der Waals surface area contributed by atoms with Gasteiger partial charge >= 0.3 is 0 Å². The van der Waals surface area contributed by atoms with Crippen molar-refractivity contribution in [3.05, 3.63) is 102 Å². The number of hydrogen-bond donors (Lipinski definition) is 2. The van der Waals surface area contributed by atoms with Gasteiger partial charge in [-0.25, -0.2) is 0 Å². The molecule has 1 aliphatic heterocycles. The Morgan fingerprint density at radius 1 is 0.833 bits per heavy atom. The molecule has 0 fully saturated rings. The number of benzene rings is 3. The number of carbonyl (C=O) groups is 2. The highest BCUT2D eigenvalue weighted by molar-refractivity contribution is 6.09. The SMILES string of the molecule is CC(=O)Nc1cccc(C2C(NC(=O)c3ccccc3)=NOC2c2ccccc2)c1. The summed E-state index contributed by atoms with van der Waals surface area (Å²) in [5, 5.41) is 9.90. The Hall–Kier alpha value is -3.93. The summed E-state index contributed by atoms with van der Waals surface area (Å²) in [7, 11) is 0. The van der Waals surface area contributed by atoms with Crippen LogP contribution in [0.4, 0.5) is 5.69 Å². The molecule has 0 radical (unpaired) electrons. The molecule has 150 valence electrons. The van der Waals surface area contributed by atoms with Gasteiger partial charge in [0.15, 0.2) is 11.9 Å². The van der Waals surface area contributed by atoms with E-state index in [9.17, 15) is 9.59 Å². The van der Waals surface area contributed by atoms with Gasteiger partial charge in [0.05, 0.1) is 5.92 Å². The number of anilines is 1. The Labute approximate surface area is 174 Å². The Balaban J connectivity index is 1.67. The summed E-state index contributed by atoms with van der Waals surface area (Å²) in [6.07, 6.45) is -0.398. The Kier molecular flexibility index (Phi) is 5.57. The molecule has 0 aromatic heterocycles. The minimum atomic E-state index is -0.398. The van der Waals surface area contributed by atoms with Crippen molar-refractivity contribution < 1.29 is 14.4 Å². The molecule has 2 N–H and O–H groups in total. The van der Waals surface area contributed by atoms with Crippen LogP contribution in [-0.4, -0.2) is 17.6 Å². The topological polar surface area (TPSA) is 79.8 Å². The van der Waals surface area contributed by atoms with E-state index in [2.05, 4.69) is 15.8 Å². The van der Waals surface area contributed by atoms with Crippen LogP contribution in [0.2, 0.25) is 0 Å². The average Bonchev–Trinajstić information content (AvgIpc) is 3.18. The third-order valence-corrected chi connectivity index (χ3v) is 4.83. The van der Waals surface area contributed by atoms with Crippen molar-refractivity contribution in [3.63, 3.8) is 0 Å². The lowest BCUT2D eigenvalue weighted by atomic mass is 9.88. The minimum absolute atomic E-state index is 0.152. The fourth-order valence-corrected chi connectivity index (χ4v) is 3.49. The van der Waals surface area contributed by atoms with E-state index >= 15 is 0 Å². The van der Waals surface area contributed by atoms with Crippen molar-refractivity contribution in [1.29, 1.82) is 0 Å². The van der Waals surface area contributed by atoms with Crippen molar-refractivity contribution in [2.24, 2.45) is 5.16 Å². The van der Waals surface area contributed by atoms with Gasteiger partial charge in [-0.2, -0.15) is 0 Å². The first-order valence-electron chi connectivity index (χ1n) is 9.64. The summed E-state index contributed by atoms with van der Waals surface area (Å²) >= 11 is 0. The van der Waals surface area contributed by atoms with Gasteiger partial charge in [0.25, 0.3) is 5.91 Å². The van der Waals surface area contributed by atoms with E-state index in [-0.39, 0.29) is 17.7 Å². The number of oxime groups is 1. The third kappa shape index (κ3) is 4.22. The molecule has 0 bridgehead atoms. The fourth-order valence-electron chi connectivity index (χ4n) is 3.49. The molecule has 0 aliphatic carbocycles. The van der Waals surface area contributed by atoms with Gasteiger partial charge in [0, 0.05) is 18.2 Å². The highest BCUT2D eigenvalue weighted by Crippen LogP contribution is 2.40. The lowest BCUT2D eigenvalue weighted by Gasteiger charge is -2.20. The maximum Gasteiger partial charge on any atom is 0.256 e. The third-order valence-electron chi connectivity index (χ3n) is 4.83. The second-order valence-corrected chi connectivity index (χ2v) is 7.02. The summed E-state index contributed by atoms with van der Waals surface area (Å²) in [5.74, 6) is -0.318. The number of nitrogens with one attached hydrogen (secondary N) is 2. The van der Waals surface area contributed by atoms with Gasteiger partial charge in [0.2, 0.25) is 5.91 Å². The van der Waals surface area contributed by atoms with Crippen molar-refractivity contribution in [3.8, 4) is 0 Å². The van der Waals surface area contributed by atoms with Crippen molar-refractivity contribution >= 4 is 23.3 Å². The van der Waals surface area contributed by atoms with Crippen LogP contribution in [0.5, 0.6) is 0 Å². The number of amidine groups is 1. The van der Waals surface area contributed by atoms with Crippen molar-refractivity contribution in [2.75, 3.05) is 5.32 Å². The van der Waals surface area contributed by atoms with E-state index in [1.165, 1.54) is 6.92 Å². The van der Waals surface area contributed by atoms with Gasteiger partial charge in [-0.05, 0) is 35.4 Å². The second kappa shape index (κ2) is 8.61. The van der Waals surface area contributed by atoms with Crippen LogP contribution >= 0.6 is 0 Å². The summed E-state index contributed by atoms with van der Waals surface area (Å²) in [6, 6.07) is 26.2. The number of nitrogens with zero attached hydrogens (tertiary/aromatic N) is 1. The molecule has 1 heterocycles. The first kappa shape index (κ1) is 19.4. The van der Waals surface area contributed by atoms with Gasteiger partial charge in [-0.3, -0.25) is 9.59 Å². The molecule has 6 nitrogen and oxygen atoms in total. The van der Waals surface area contributed by atoms with Gasteiger partial charge in [-0.1, -0.05) is 65.8 Å². The largest absolute Gasteiger partial charge is 0.385 e. The molecule has 2 unspecified atom stereocenters. The predicted octanol–water partition coefficient (Wildman–Crippen LogP) is 4.24. The van der Waals surface area contributed by atoms with E-state index in [1.807, 2.05) is 72.8 Å². The van der Waals surface area contributed by atoms with Crippen LogP contribution in [0.3, 0.4) is 0 Å². The van der Waals surface area contributed by atoms with Gasteiger partial charge in [-0.15, -0.1) is 0 Å². The van der Waals surface area contributed by atoms with Crippen LogP contribution in [-0.2, 0) is 9.63 Å². The molecular weight excluding hydrogens is 378 g/mol. The normalized spacial score (nSPS) is 17.6. The number of amides is 2. The van der Waals surface area contributed by atoms with E-state index in [4.69, 9.17) is 4.84 Å². The monoisotopic (exact) mass is 399 g/mol. The van der Waals surface area contributed by atoms with Gasteiger partial charge < -0.3 is 15.5 Å². The molecule has 1 aliphatic rings. The molecule has 2 amide bonds. The summed E-state index contributed by atoms with van der Waals surface area (Å²) in [4.78, 5) is 30.0. The smallest absolute Gasteiger partial charge is 0.256 e. The molecule has 6 heteroatoms. The first-order valence-corrected chi connectivity index (χ1v) is 9.64. The van der Waals surface area contributed by atoms with Crippen molar-refractivity contribution in [1.82, 2.24) is 5.32 Å². The zero-order valence-corrected chi connectivity index (χ0v) is 16.4. The second-order valence-electron chi connectivity index (χ2n) is 7.02. The number of hydrogen-bond acceptors (Lipinski definition) is 4. The van der Waals surface area contributed by atoms with Crippen molar-refractivity contribution in [2.45, 2.75) is 18.9 Å². The molecule has 4 rings (SSSR count). The Morgan fingerprint density at radius 3 is 2.20 bits per heavy atom. The molecule has 0 saturated carbocycles. The number of rotatable bonds is 4. The van der Waals surface area contributed by atoms with Crippen LogP contribution in [0, 0.1) is 0 Å². The summed E-state index contributed by atoms with van der Waals surface area (Å²) < 4.78 is 0. The molecule has 3 aromatic carbocycles. The quantitative estimate of drug-likeness (QED) is 0.689. The fraction of sp³-hybridized carbons (Fsp3) is 0.125. The summed E-state index contributed by atoms with van der Waals surface area (Å²) in [5.41, 5.74) is 3.03. The molecule has 0 saturated heterocycles. The maximum atomic E-state index is 12.7. The number of carbonyl (C=O) groups excluding carboxylic acids is 2. The molecule has 30 heavy (non-hydrogen) atoms. The van der Waals surface area contributed by atoms with Crippen LogP contribution < -0.4 is 10.6 Å². The van der Waals surface area contributed by atoms with Gasteiger partial charge in [0.1, 0.15) is 0 Å². The average molecular weight is 399 g/mol. The van der Waals surface area contributed by atoms with E-state index in [0.717, 1.165) is 11.1 Å². The van der Waals surface area contributed by atoms with E-state index < -0.39 is 6.10 Å². The highest BCUT2D eigenvalue weighted by Gasteiger charge is 2.38. The first-order chi connectivity index (χ1) is 14.6. The zero-order valence-electron chi connectivity index (χ0n) is 16.4. The molecule has 2 atom stereocenters. The van der Waals surface area contributed by atoms with Crippen LogP contribution in [0.25, 0.3) is 0 Å². The highest BCUT2D eigenvalue weighted by atomic mass is 16.6. The summed E-state index contributed by atoms with van der Waals surface area (Å²) in [6.45, 7) is 1.46. The zero-order chi connectivity index (χ0) is 20.9. The Bertz CT molecular complexity index is 1080. The standard InChI is InChI=1S/C24H21N3O3/c1-16(28)25-20-14-8-13-19(15-20)21-22(17-9-4-2-5-10-17)30-27-23(21)26-24(29)18-11-6-3-7-12-18/h2-15,21-22H,1H3,(H,25,28)(H,26,27,29). The van der Waals surface area contributed by atoms with Crippen LogP contribution in [0.15, 0.2) is 90.1 Å². The lowest BCUT2D eigenvalue weighted by Crippen LogP contribution is -2.34. The molecular formula is C24H21N3O3. The van der Waals surface area contributed by atoms with Crippen LogP contribution in [0.1, 0.15) is 40.4 Å². The predicted molar refractivity (Wildman–Crippen MR) is 115 cm³/mol. The molecule has 0 spiro atoms. The maximum absolute atomic E-state index is 12.7. The van der Waals surface area contributed by atoms with E-state index in [1.54, 1.807) is 12.1 Å². The minimum Gasteiger partial charge on any atom is -0.385 e. The lowest BCUT2D eigenvalue weighted by molar-refractivity contribution is -0.114. The molecule has 3 aromatic rings. The van der Waals surface area contributed by atoms with E-state index in [0.29, 0.717) is 17.1 Å². The Morgan fingerprint density at radius 2 is 1.50 bits per heavy atom.